The van der Waals surface area contributed by atoms with Gasteiger partial charge < -0.3 is 14.9 Å². The number of aromatic hydroxyl groups is 2. The van der Waals surface area contributed by atoms with E-state index >= 15 is 0 Å². The molecule has 2 N–H and O–H groups in total. The van der Waals surface area contributed by atoms with Gasteiger partial charge in [0, 0.05) is 24.0 Å². The maximum atomic E-state index is 14.0. The molecule has 6 rings (SSSR count). The molecule has 1 aromatic carbocycles. The fraction of sp³-hybridized carbons (Fsp3) is 0.520. The topological polar surface area (TPSA) is 83.8 Å². The highest BCUT2D eigenvalue weighted by Gasteiger charge is 2.70. The summed E-state index contributed by atoms with van der Waals surface area (Å²) in [6.45, 7) is 7.43. The maximum absolute atomic E-state index is 14.0. The van der Waals surface area contributed by atoms with Crippen LogP contribution in [0.15, 0.2) is 29.4 Å². The van der Waals surface area contributed by atoms with Gasteiger partial charge >= 0.3 is 0 Å². The quantitative estimate of drug-likeness (QED) is 0.373. The molecule has 1 fully saturated rings. The van der Waals surface area contributed by atoms with E-state index in [4.69, 9.17) is 27.9 Å². The second kappa shape index (κ2) is 7.61. The van der Waals surface area contributed by atoms with Crippen molar-refractivity contribution in [3.05, 3.63) is 46.1 Å². The molecule has 0 amide bonds. The number of ether oxygens (including phenoxy) is 1. The van der Waals surface area contributed by atoms with Crippen LogP contribution < -0.4 is 0 Å². The van der Waals surface area contributed by atoms with E-state index in [1.165, 1.54) is 6.07 Å². The largest absolute Gasteiger partial charge is 0.507 e. The Morgan fingerprint density at radius 2 is 1.78 bits per heavy atom. The first-order chi connectivity index (χ1) is 14.8. The first-order valence-corrected chi connectivity index (χ1v) is 11.7. The highest BCUT2D eigenvalue weighted by Crippen LogP contribution is 2.57. The first-order valence-electron chi connectivity index (χ1n) is 10.9. The number of fused-ring (bicyclic) bond motifs is 1. The van der Waals surface area contributed by atoms with Gasteiger partial charge in [-0.05, 0) is 53.0 Å². The second-order valence-corrected chi connectivity index (χ2v) is 11.0. The van der Waals surface area contributed by atoms with Crippen molar-refractivity contribution < 1.29 is 24.5 Å². The van der Waals surface area contributed by atoms with E-state index in [1.807, 2.05) is 26.0 Å². The van der Waals surface area contributed by atoms with E-state index in [1.54, 1.807) is 13.8 Å². The average molecular weight is 479 g/mol. The third-order valence-electron chi connectivity index (χ3n) is 7.10. The number of rotatable bonds is 0. The Morgan fingerprint density at radius 1 is 1.09 bits per heavy atom. The van der Waals surface area contributed by atoms with Gasteiger partial charge in [-0.3, -0.25) is 9.59 Å². The molecule has 0 saturated carbocycles. The number of hydrogen-bond acceptors (Lipinski definition) is 5. The van der Waals surface area contributed by atoms with Gasteiger partial charge in [-0.15, -0.1) is 23.2 Å². The number of Topliss-reactive ketones (excluding diaryl/α,β-unsaturated/α-hetero) is 2. The Kier molecular flexibility index (Phi) is 5.55. The molecule has 0 aromatic heterocycles. The number of phenolic OH excluding ortho intramolecular Hbond substituents is 2. The van der Waals surface area contributed by atoms with Crippen LogP contribution in [0.5, 0.6) is 11.5 Å². The van der Waals surface area contributed by atoms with Crippen molar-refractivity contribution in [2.45, 2.75) is 81.3 Å². The molecule has 4 aliphatic carbocycles. The van der Waals surface area contributed by atoms with Crippen molar-refractivity contribution in [1.82, 2.24) is 0 Å². The zero-order valence-electron chi connectivity index (χ0n) is 18.7. The van der Waals surface area contributed by atoms with E-state index in [0.29, 0.717) is 0 Å². The van der Waals surface area contributed by atoms with Crippen molar-refractivity contribution in [1.29, 1.82) is 0 Å². The van der Waals surface area contributed by atoms with E-state index in [-0.39, 0.29) is 41.7 Å². The SMILES string of the molecule is CC1=CC[C@@]23OC(C)(C)[C@H](Cl)C[C@]2(Cl)C(=O)c2c(cc(O)c(c2O)CC(C)=CCC1)C3=O. The number of alkyl halides is 2. The normalized spacial score (nSPS) is 32.2. The van der Waals surface area contributed by atoms with Crippen LogP contribution in [0.4, 0.5) is 0 Å². The molecule has 0 radical (unpaired) electrons. The molecule has 1 aliphatic heterocycles. The van der Waals surface area contributed by atoms with Crippen LogP contribution in [0.25, 0.3) is 0 Å². The third kappa shape index (κ3) is 3.24. The molecule has 1 aromatic rings. The minimum atomic E-state index is -1.78. The Morgan fingerprint density at radius 3 is 2.47 bits per heavy atom. The van der Waals surface area contributed by atoms with Crippen molar-refractivity contribution >= 4 is 34.8 Å². The summed E-state index contributed by atoms with van der Waals surface area (Å²) in [7, 11) is 0. The fourth-order valence-corrected chi connectivity index (χ4v) is 5.87. The van der Waals surface area contributed by atoms with Crippen LogP contribution in [0, 0.1) is 0 Å². The zero-order valence-corrected chi connectivity index (χ0v) is 20.2. The highest BCUT2D eigenvalue weighted by molar-refractivity contribution is 6.45. The number of hydrogen-bond donors (Lipinski definition) is 2. The number of allylic oxidation sites excluding steroid dienone is 3. The molecule has 7 heteroatoms. The summed E-state index contributed by atoms with van der Waals surface area (Å²) in [4.78, 5) is 26.1. The zero-order chi connectivity index (χ0) is 23.6. The standard InChI is InChI=1S/C25H28Cl2O5/c1-13-6-5-7-14(2)10-15-17(28)11-16-19(20(15)29)22(31)24(27)12-18(26)23(3,4)32-25(24,9-8-13)21(16)30/h7-8,11,18,28-29H,5-6,9-10,12H2,1-4H3/t18-,24+,25+/m1/s1. The lowest BCUT2D eigenvalue weighted by atomic mass is 9.63. The Labute approximate surface area is 198 Å². The highest BCUT2D eigenvalue weighted by atomic mass is 35.5. The van der Waals surface area contributed by atoms with E-state index in [9.17, 15) is 19.8 Å². The van der Waals surface area contributed by atoms with Gasteiger partial charge in [0.1, 0.15) is 16.4 Å². The average Bonchev–Trinajstić information content (AvgIpc) is 2.70. The van der Waals surface area contributed by atoms with Crippen molar-refractivity contribution in [2.75, 3.05) is 0 Å². The summed E-state index contributed by atoms with van der Waals surface area (Å²) in [5.41, 5.74) is -0.664. The lowest BCUT2D eigenvalue weighted by Crippen LogP contribution is -2.72. The molecule has 1 heterocycles. The Balaban J connectivity index is 2.06. The van der Waals surface area contributed by atoms with Gasteiger partial charge in [0.05, 0.1) is 16.5 Å². The monoisotopic (exact) mass is 478 g/mol. The van der Waals surface area contributed by atoms with Crippen molar-refractivity contribution in [2.24, 2.45) is 0 Å². The van der Waals surface area contributed by atoms with E-state index in [2.05, 4.69) is 0 Å². The Hall–Kier alpha value is -1.82. The van der Waals surface area contributed by atoms with Gasteiger partial charge in [-0.25, -0.2) is 0 Å². The van der Waals surface area contributed by atoms with Gasteiger partial charge in [-0.2, -0.15) is 0 Å². The summed E-state index contributed by atoms with van der Waals surface area (Å²) in [5.74, 6) is -1.76. The lowest BCUT2D eigenvalue weighted by molar-refractivity contribution is -0.157. The molecule has 5 aliphatic rings. The third-order valence-corrected chi connectivity index (χ3v) is 8.41. The molecule has 5 nitrogen and oxygen atoms in total. The smallest absolute Gasteiger partial charge is 0.198 e. The molecule has 1 saturated heterocycles. The van der Waals surface area contributed by atoms with Gasteiger partial charge in [0.2, 0.25) is 0 Å². The molecule has 1 spiro atoms. The predicted molar refractivity (Wildman–Crippen MR) is 124 cm³/mol. The molecule has 32 heavy (non-hydrogen) atoms. The lowest BCUT2D eigenvalue weighted by Gasteiger charge is -2.56. The van der Waals surface area contributed by atoms with E-state index < -0.39 is 38.8 Å². The summed E-state index contributed by atoms with van der Waals surface area (Å²) < 4.78 is 6.36. The molecule has 0 unspecified atom stereocenters. The summed E-state index contributed by atoms with van der Waals surface area (Å²) in [6, 6.07) is 1.27. The van der Waals surface area contributed by atoms with Crippen molar-refractivity contribution in [3.8, 4) is 11.5 Å². The van der Waals surface area contributed by atoms with Crippen LogP contribution >= 0.6 is 23.2 Å². The number of benzene rings is 1. The number of ketones is 2. The second-order valence-electron chi connectivity index (χ2n) is 9.83. The van der Waals surface area contributed by atoms with Crippen LogP contribution in [-0.4, -0.2) is 43.2 Å². The fourth-order valence-electron chi connectivity index (χ4n) is 5.06. The van der Waals surface area contributed by atoms with Crippen molar-refractivity contribution in [3.63, 3.8) is 0 Å². The van der Waals surface area contributed by atoms with Gasteiger partial charge in [0.25, 0.3) is 0 Å². The number of carbonyl (C=O) groups is 2. The molecule has 3 atom stereocenters. The van der Waals surface area contributed by atoms with Crippen LogP contribution in [0.2, 0.25) is 0 Å². The summed E-state index contributed by atoms with van der Waals surface area (Å²) >= 11 is 13.6. The summed E-state index contributed by atoms with van der Waals surface area (Å²) in [6.07, 6.45) is 5.82. The van der Waals surface area contributed by atoms with Crippen LogP contribution in [-0.2, 0) is 11.2 Å². The predicted octanol–water partition coefficient (Wildman–Crippen LogP) is 5.62. The van der Waals surface area contributed by atoms with Crippen LogP contribution in [0.3, 0.4) is 0 Å². The van der Waals surface area contributed by atoms with Crippen LogP contribution in [0.1, 0.15) is 79.7 Å². The number of carbonyl (C=O) groups excluding carboxylic acids is 2. The molecule has 4 bridgehead atoms. The minimum Gasteiger partial charge on any atom is -0.507 e. The Bertz CT molecular complexity index is 1090. The molecule has 172 valence electrons. The van der Waals surface area contributed by atoms with E-state index in [0.717, 1.165) is 24.0 Å². The number of halogens is 2. The minimum absolute atomic E-state index is 0.00852. The molecular formula is C25H28Cl2O5. The maximum Gasteiger partial charge on any atom is 0.198 e. The summed E-state index contributed by atoms with van der Waals surface area (Å²) in [5, 5.41) is 21.1. The van der Waals surface area contributed by atoms with Gasteiger partial charge in [0.15, 0.2) is 17.2 Å². The first kappa shape index (κ1) is 23.3. The number of phenols is 2. The van der Waals surface area contributed by atoms with Gasteiger partial charge in [-0.1, -0.05) is 23.3 Å². The molecular weight excluding hydrogens is 451 g/mol.